The van der Waals surface area contributed by atoms with Crippen LogP contribution in [0, 0.1) is 11.7 Å². The third-order valence-corrected chi connectivity index (χ3v) is 7.63. The van der Waals surface area contributed by atoms with Crippen LogP contribution in [-0.2, 0) is 14.4 Å². The number of para-hydroxylation sites is 2. The average Bonchev–Trinajstić information content (AvgIpc) is 3.04. The summed E-state index contributed by atoms with van der Waals surface area (Å²) in [6.45, 7) is 5.64. The molecular formula is C35H40ClFN4O7. The van der Waals surface area contributed by atoms with Crippen molar-refractivity contribution < 1.29 is 37.8 Å². The van der Waals surface area contributed by atoms with E-state index in [0.29, 0.717) is 17.2 Å². The Hall–Kier alpha value is -4.84. The Morgan fingerprint density at radius 1 is 1.04 bits per heavy atom. The molecule has 0 radical (unpaired) electrons. The van der Waals surface area contributed by atoms with Gasteiger partial charge in [-0.1, -0.05) is 43.6 Å². The zero-order valence-corrected chi connectivity index (χ0v) is 28.0. The lowest BCUT2D eigenvalue weighted by molar-refractivity contribution is -0.136. The number of amides is 4. The molecular weight excluding hydrogens is 643 g/mol. The Morgan fingerprint density at radius 2 is 1.77 bits per heavy atom. The van der Waals surface area contributed by atoms with Crippen LogP contribution in [0.3, 0.4) is 0 Å². The molecule has 0 fully saturated rings. The lowest BCUT2D eigenvalue weighted by atomic mass is 10.0. The number of nitrogens with zero attached hydrogens (tertiary/aromatic N) is 1. The molecule has 0 aliphatic carbocycles. The van der Waals surface area contributed by atoms with Crippen molar-refractivity contribution in [3.63, 3.8) is 0 Å². The number of hydrogen-bond donors (Lipinski definition) is 3. The van der Waals surface area contributed by atoms with Gasteiger partial charge in [-0.2, -0.15) is 0 Å². The zero-order chi connectivity index (χ0) is 34.8. The maximum absolute atomic E-state index is 14.8. The summed E-state index contributed by atoms with van der Waals surface area (Å²) >= 11 is 5.94. The first-order valence-electron chi connectivity index (χ1n) is 15.6. The molecule has 0 spiro atoms. The zero-order valence-electron chi connectivity index (χ0n) is 27.3. The van der Waals surface area contributed by atoms with Gasteiger partial charge in [-0.25, -0.2) is 4.39 Å². The second kappa shape index (κ2) is 16.8. The molecule has 1 aliphatic rings. The number of likely N-dealkylation sites (N-methyl/N-ethyl adjacent to an activating group) is 1. The molecule has 48 heavy (non-hydrogen) atoms. The highest BCUT2D eigenvalue weighted by Crippen LogP contribution is 2.34. The van der Waals surface area contributed by atoms with Crippen molar-refractivity contribution in [2.75, 3.05) is 26.8 Å². The molecule has 13 heteroatoms. The van der Waals surface area contributed by atoms with Gasteiger partial charge in [-0.15, -0.1) is 0 Å². The largest absolute Gasteiger partial charge is 0.491 e. The average molecular weight is 683 g/mol. The first kappa shape index (κ1) is 36.0. The number of nitrogens with one attached hydrogen (secondary N) is 3. The highest BCUT2D eigenvalue weighted by Gasteiger charge is 2.31. The van der Waals surface area contributed by atoms with Crippen LogP contribution >= 0.6 is 11.6 Å². The maximum Gasteiger partial charge on any atom is 0.255 e. The summed E-state index contributed by atoms with van der Waals surface area (Å²) in [4.78, 5) is 55.0. The summed E-state index contributed by atoms with van der Waals surface area (Å²) in [5, 5.41) is 8.63. The van der Waals surface area contributed by atoms with Gasteiger partial charge in [0.1, 0.15) is 36.8 Å². The Kier molecular flexibility index (Phi) is 12.6. The summed E-state index contributed by atoms with van der Waals surface area (Å²) < 4.78 is 32.2. The van der Waals surface area contributed by atoms with E-state index in [1.54, 1.807) is 56.4 Å². The van der Waals surface area contributed by atoms with Crippen molar-refractivity contribution in [3.8, 4) is 23.0 Å². The first-order chi connectivity index (χ1) is 22.9. The number of fused-ring (bicyclic) bond motifs is 1. The van der Waals surface area contributed by atoms with Crippen LogP contribution in [0.1, 0.15) is 44.0 Å². The van der Waals surface area contributed by atoms with E-state index in [2.05, 4.69) is 16.0 Å². The first-order valence-corrected chi connectivity index (χ1v) is 16.0. The van der Waals surface area contributed by atoms with E-state index in [9.17, 15) is 23.6 Å². The third kappa shape index (κ3) is 10.1. The Bertz CT molecular complexity index is 1600. The quantitative estimate of drug-likeness (QED) is 0.297. The van der Waals surface area contributed by atoms with Crippen LogP contribution in [0.25, 0.3) is 0 Å². The predicted octanol–water partition coefficient (Wildman–Crippen LogP) is 4.73. The van der Waals surface area contributed by atoms with Gasteiger partial charge in [0.15, 0.2) is 17.3 Å². The molecule has 3 N–H and O–H groups in total. The normalized spacial score (nSPS) is 18.1. The number of benzene rings is 3. The molecule has 0 unspecified atom stereocenters. The molecule has 3 aromatic rings. The minimum Gasteiger partial charge on any atom is -0.491 e. The minimum absolute atomic E-state index is 0.0841. The molecule has 4 rings (SSSR count). The SMILES string of the molecule is CC(C)C[C@@H]1NC(=O)C[C@@H](C(=O)N[C@H](C)COc2c(F)cccc2Oc2ccc(Cl)cc2)NC(=O)c2ccccc2OCCN(C)C1=O. The molecule has 3 aromatic carbocycles. The number of ether oxygens (including phenoxy) is 3. The van der Waals surface area contributed by atoms with E-state index in [1.165, 1.54) is 29.2 Å². The molecule has 4 amide bonds. The van der Waals surface area contributed by atoms with E-state index in [1.807, 2.05) is 13.8 Å². The highest BCUT2D eigenvalue weighted by molar-refractivity contribution is 6.30. The van der Waals surface area contributed by atoms with Gasteiger partial charge in [-0.05, 0) is 67.8 Å². The molecule has 256 valence electrons. The van der Waals surface area contributed by atoms with Gasteiger partial charge in [0.25, 0.3) is 5.91 Å². The van der Waals surface area contributed by atoms with Gasteiger partial charge in [0, 0.05) is 12.1 Å². The second-order valence-electron chi connectivity index (χ2n) is 11.9. The molecule has 0 saturated carbocycles. The van der Waals surface area contributed by atoms with Crippen molar-refractivity contribution in [1.29, 1.82) is 0 Å². The van der Waals surface area contributed by atoms with Crippen LogP contribution in [-0.4, -0.2) is 73.5 Å². The summed E-state index contributed by atoms with van der Waals surface area (Å²) in [6, 6.07) is 14.4. The number of rotatable bonds is 9. The second-order valence-corrected chi connectivity index (χ2v) is 12.4. The monoisotopic (exact) mass is 682 g/mol. The topological polar surface area (TPSA) is 135 Å². The maximum atomic E-state index is 14.8. The predicted molar refractivity (Wildman–Crippen MR) is 178 cm³/mol. The van der Waals surface area contributed by atoms with Crippen LogP contribution < -0.4 is 30.2 Å². The fraction of sp³-hybridized carbons (Fsp3) is 0.371. The van der Waals surface area contributed by atoms with Gasteiger partial charge in [0.2, 0.25) is 17.7 Å². The summed E-state index contributed by atoms with van der Waals surface area (Å²) in [6.07, 6.45) is -0.0812. The fourth-order valence-electron chi connectivity index (χ4n) is 4.96. The Morgan fingerprint density at radius 3 is 2.50 bits per heavy atom. The number of carbonyl (C=O) groups is 4. The molecule has 0 saturated heterocycles. The number of halogens is 2. The summed E-state index contributed by atoms with van der Waals surface area (Å²) in [5.74, 6) is -2.17. The van der Waals surface area contributed by atoms with Crippen LogP contribution in [0.5, 0.6) is 23.0 Å². The van der Waals surface area contributed by atoms with Crippen molar-refractivity contribution >= 4 is 35.2 Å². The molecule has 3 atom stereocenters. The Balaban J connectivity index is 1.51. The Labute approximate surface area is 284 Å². The standard InChI is InChI=1S/C35H40ClFN4O7/c1-21(2)18-28-35(45)41(4)16-17-46-29-10-6-5-8-25(29)33(43)40-27(19-31(42)39-28)34(44)38-22(3)20-47-32-26(37)9-7-11-30(32)48-24-14-12-23(36)13-15-24/h5-15,21-22,27-28H,16-20H2,1-4H3,(H,38,44)(H,39,42)(H,40,43)/t22-,27+,28+/m1/s1. The third-order valence-electron chi connectivity index (χ3n) is 7.38. The highest BCUT2D eigenvalue weighted by atomic mass is 35.5. The smallest absolute Gasteiger partial charge is 0.255 e. The van der Waals surface area contributed by atoms with Gasteiger partial charge in [-0.3, -0.25) is 19.2 Å². The van der Waals surface area contributed by atoms with Crippen molar-refractivity contribution in [1.82, 2.24) is 20.9 Å². The summed E-state index contributed by atoms with van der Waals surface area (Å²) in [7, 11) is 1.61. The fourth-order valence-corrected chi connectivity index (χ4v) is 5.08. The molecule has 0 bridgehead atoms. The van der Waals surface area contributed by atoms with E-state index in [-0.39, 0.29) is 54.4 Å². The number of hydrogen-bond acceptors (Lipinski definition) is 7. The van der Waals surface area contributed by atoms with Crippen molar-refractivity contribution in [3.05, 3.63) is 83.1 Å². The van der Waals surface area contributed by atoms with E-state index in [4.69, 9.17) is 25.8 Å². The van der Waals surface area contributed by atoms with Crippen LogP contribution in [0.15, 0.2) is 66.7 Å². The van der Waals surface area contributed by atoms with E-state index in [0.717, 1.165) is 0 Å². The van der Waals surface area contributed by atoms with Crippen LogP contribution in [0.2, 0.25) is 5.02 Å². The lowest BCUT2D eigenvalue weighted by Gasteiger charge is -2.27. The minimum atomic E-state index is -1.33. The van der Waals surface area contributed by atoms with Crippen molar-refractivity contribution in [2.24, 2.45) is 5.92 Å². The number of carbonyl (C=O) groups excluding carboxylic acids is 4. The van der Waals surface area contributed by atoms with Gasteiger partial charge >= 0.3 is 0 Å². The van der Waals surface area contributed by atoms with Gasteiger partial charge < -0.3 is 35.1 Å². The van der Waals surface area contributed by atoms with Crippen LogP contribution in [0.4, 0.5) is 4.39 Å². The molecule has 11 nitrogen and oxygen atoms in total. The molecule has 1 aliphatic heterocycles. The summed E-state index contributed by atoms with van der Waals surface area (Å²) in [5.41, 5.74) is 0.156. The lowest BCUT2D eigenvalue weighted by Crippen LogP contribution is -2.54. The van der Waals surface area contributed by atoms with Gasteiger partial charge in [0.05, 0.1) is 24.6 Å². The van der Waals surface area contributed by atoms with Crippen molar-refractivity contribution in [2.45, 2.75) is 51.7 Å². The van der Waals surface area contributed by atoms with E-state index < -0.39 is 48.1 Å². The molecule has 0 aromatic heterocycles. The molecule has 1 heterocycles. The van der Waals surface area contributed by atoms with E-state index >= 15 is 0 Å².